The summed E-state index contributed by atoms with van der Waals surface area (Å²) in [6, 6.07) is 16.6. The molecular weight excluding hydrogens is 454 g/mol. The third-order valence-corrected chi connectivity index (χ3v) is 7.80. The van der Waals surface area contributed by atoms with Gasteiger partial charge in [0.25, 0.3) is 5.91 Å². The third-order valence-electron chi connectivity index (χ3n) is 5.88. The maximum Gasteiger partial charge on any atom is 0.253 e. The minimum Gasteiger partial charge on any atom is -0.383 e. The van der Waals surface area contributed by atoms with E-state index in [-0.39, 0.29) is 24.1 Å². The van der Waals surface area contributed by atoms with Gasteiger partial charge in [-0.25, -0.2) is 12.7 Å². The number of sulfonamides is 1. The molecule has 0 saturated carbocycles. The molecule has 1 atom stereocenters. The van der Waals surface area contributed by atoms with E-state index < -0.39 is 15.9 Å². The molecular formula is C25H33N3O5S. The van der Waals surface area contributed by atoms with Crippen molar-refractivity contribution in [3.05, 3.63) is 65.7 Å². The Morgan fingerprint density at radius 1 is 1.09 bits per heavy atom. The molecule has 1 aliphatic rings. The average Bonchev–Trinajstić information content (AvgIpc) is 2.85. The zero-order valence-corrected chi connectivity index (χ0v) is 20.4. The number of piperidine rings is 1. The molecule has 2 N–H and O–H groups in total. The van der Waals surface area contributed by atoms with Crippen LogP contribution in [0.5, 0.6) is 0 Å². The molecule has 1 saturated heterocycles. The zero-order chi connectivity index (χ0) is 24.4. The first-order chi connectivity index (χ1) is 16.4. The fourth-order valence-corrected chi connectivity index (χ4v) is 5.61. The summed E-state index contributed by atoms with van der Waals surface area (Å²) in [6.07, 6.45) is 2.45. The van der Waals surface area contributed by atoms with E-state index >= 15 is 0 Å². The van der Waals surface area contributed by atoms with Gasteiger partial charge in [0.2, 0.25) is 15.9 Å². The van der Waals surface area contributed by atoms with Crippen LogP contribution in [0.3, 0.4) is 0 Å². The summed E-state index contributed by atoms with van der Waals surface area (Å²) in [4.78, 5) is 25.5. The van der Waals surface area contributed by atoms with Crippen LogP contribution in [0.15, 0.2) is 54.6 Å². The van der Waals surface area contributed by atoms with Crippen molar-refractivity contribution in [3.8, 4) is 0 Å². The molecule has 8 nitrogen and oxygen atoms in total. The predicted octanol–water partition coefficient (Wildman–Crippen LogP) is 2.68. The van der Waals surface area contributed by atoms with Gasteiger partial charge >= 0.3 is 0 Å². The molecule has 0 aromatic heterocycles. The Labute approximate surface area is 201 Å². The highest BCUT2D eigenvalue weighted by atomic mass is 32.2. The Hall–Kier alpha value is -2.75. The number of para-hydroxylation sites is 1. The van der Waals surface area contributed by atoms with E-state index in [2.05, 4.69) is 10.6 Å². The van der Waals surface area contributed by atoms with Crippen molar-refractivity contribution < 1.29 is 22.7 Å². The van der Waals surface area contributed by atoms with Crippen molar-refractivity contribution in [2.24, 2.45) is 5.92 Å². The molecule has 1 fully saturated rings. The summed E-state index contributed by atoms with van der Waals surface area (Å²) in [7, 11) is -1.90. The van der Waals surface area contributed by atoms with Gasteiger partial charge in [-0.2, -0.15) is 0 Å². The number of carbonyl (C=O) groups excluding carboxylic acids is 2. The Bertz CT molecular complexity index is 1060. The van der Waals surface area contributed by atoms with E-state index in [1.165, 1.54) is 4.31 Å². The lowest BCUT2D eigenvalue weighted by atomic mass is 9.98. The van der Waals surface area contributed by atoms with Crippen molar-refractivity contribution >= 4 is 27.5 Å². The molecule has 0 spiro atoms. The van der Waals surface area contributed by atoms with Crippen LogP contribution in [-0.4, -0.2) is 63.6 Å². The van der Waals surface area contributed by atoms with Crippen LogP contribution in [-0.2, 0) is 26.0 Å². The van der Waals surface area contributed by atoms with Crippen LogP contribution in [0.25, 0.3) is 0 Å². The number of benzene rings is 2. The van der Waals surface area contributed by atoms with E-state index in [1.807, 2.05) is 30.3 Å². The predicted molar refractivity (Wildman–Crippen MR) is 132 cm³/mol. The number of nitrogens with one attached hydrogen (secondary N) is 2. The van der Waals surface area contributed by atoms with Crippen molar-refractivity contribution in [2.45, 2.75) is 25.7 Å². The number of methoxy groups -OCH3 is 1. The first kappa shape index (κ1) is 25.9. The van der Waals surface area contributed by atoms with Crippen LogP contribution in [0, 0.1) is 5.92 Å². The number of rotatable bonds is 11. The van der Waals surface area contributed by atoms with Gasteiger partial charge in [0.1, 0.15) is 0 Å². The highest BCUT2D eigenvalue weighted by Crippen LogP contribution is 2.23. The van der Waals surface area contributed by atoms with E-state index in [1.54, 1.807) is 31.4 Å². The molecule has 184 valence electrons. The average molecular weight is 488 g/mol. The van der Waals surface area contributed by atoms with Gasteiger partial charge in [-0.1, -0.05) is 42.5 Å². The minimum absolute atomic E-state index is 0.0563. The van der Waals surface area contributed by atoms with Crippen molar-refractivity contribution in [1.82, 2.24) is 9.62 Å². The number of hydrogen-bond acceptors (Lipinski definition) is 5. The highest BCUT2D eigenvalue weighted by Gasteiger charge is 2.32. The van der Waals surface area contributed by atoms with Gasteiger partial charge in [0, 0.05) is 26.7 Å². The van der Waals surface area contributed by atoms with Crippen LogP contribution in [0.4, 0.5) is 5.69 Å². The van der Waals surface area contributed by atoms with Crippen molar-refractivity contribution in [1.29, 1.82) is 0 Å². The second-order valence-electron chi connectivity index (χ2n) is 8.39. The van der Waals surface area contributed by atoms with Gasteiger partial charge in [0.15, 0.2) is 0 Å². The van der Waals surface area contributed by atoms with Crippen LogP contribution in [0.1, 0.15) is 35.2 Å². The largest absolute Gasteiger partial charge is 0.383 e. The minimum atomic E-state index is -3.45. The molecule has 0 bridgehead atoms. The van der Waals surface area contributed by atoms with Crippen molar-refractivity contribution in [3.63, 3.8) is 0 Å². The summed E-state index contributed by atoms with van der Waals surface area (Å²) in [5, 5.41) is 5.58. The number of carbonyl (C=O) groups is 2. The molecule has 1 unspecified atom stereocenters. The standard InChI is InChI=1S/C25H33N3O5S/c1-33-17-15-26-25(30)22-13-5-6-14-23(22)27-24(29)21-12-7-16-28(19-21)34(31,32)18-8-11-20-9-3-2-4-10-20/h2-6,9-10,13-14,21H,7-8,11-12,15-19H2,1H3,(H,26,30)(H,27,29). The van der Waals surface area contributed by atoms with Crippen molar-refractivity contribution in [2.75, 3.05) is 44.4 Å². The van der Waals surface area contributed by atoms with E-state index in [4.69, 9.17) is 4.74 Å². The molecule has 9 heteroatoms. The number of nitrogens with zero attached hydrogens (tertiary/aromatic N) is 1. The molecule has 2 aromatic carbocycles. The fourth-order valence-electron chi connectivity index (χ4n) is 4.03. The number of anilines is 1. The number of hydrogen-bond donors (Lipinski definition) is 2. The molecule has 1 heterocycles. The molecule has 2 aromatic rings. The Morgan fingerprint density at radius 2 is 1.82 bits per heavy atom. The maximum absolute atomic E-state index is 13.0. The third kappa shape index (κ3) is 7.38. The smallest absolute Gasteiger partial charge is 0.253 e. The summed E-state index contributed by atoms with van der Waals surface area (Å²) < 4.78 is 32.2. The van der Waals surface area contributed by atoms with Gasteiger partial charge in [-0.3, -0.25) is 9.59 Å². The van der Waals surface area contributed by atoms with Crippen LogP contribution < -0.4 is 10.6 Å². The van der Waals surface area contributed by atoms with E-state index in [9.17, 15) is 18.0 Å². The second kappa shape index (κ2) is 12.6. The van der Waals surface area contributed by atoms with E-state index in [0.29, 0.717) is 56.6 Å². The lowest BCUT2D eigenvalue weighted by molar-refractivity contribution is -0.120. The molecule has 34 heavy (non-hydrogen) atoms. The molecule has 0 aliphatic carbocycles. The SMILES string of the molecule is COCCNC(=O)c1ccccc1NC(=O)C1CCCN(S(=O)(=O)CCCc2ccccc2)C1. The quantitative estimate of drug-likeness (QED) is 0.474. The fraction of sp³-hybridized carbons (Fsp3) is 0.440. The Morgan fingerprint density at radius 3 is 2.59 bits per heavy atom. The molecule has 2 amide bonds. The second-order valence-corrected chi connectivity index (χ2v) is 10.5. The summed E-state index contributed by atoms with van der Waals surface area (Å²) in [6.45, 7) is 1.33. The Balaban J connectivity index is 1.57. The first-order valence-corrected chi connectivity index (χ1v) is 13.2. The monoisotopic (exact) mass is 487 g/mol. The topological polar surface area (TPSA) is 105 Å². The zero-order valence-electron chi connectivity index (χ0n) is 19.5. The summed E-state index contributed by atoms with van der Waals surface area (Å²) >= 11 is 0. The number of ether oxygens (including phenoxy) is 1. The lowest BCUT2D eigenvalue weighted by Gasteiger charge is -2.31. The van der Waals surface area contributed by atoms with Gasteiger partial charge in [-0.05, 0) is 43.4 Å². The number of amides is 2. The molecule has 3 rings (SSSR count). The molecule has 1 aliphatic heterocycles. The normalized spacial score (nSPS) is 16.7. The summed E-state index contributed by atoms with van der Waals surface area (Å²) in [5.74, 6) is -0.997. The number of aryl methyl sites for hydroxylation is 1. The van der Waals surface area contributed by atoms with Gasteiger partial charge in [0.05, 0.1) is 29.5 Å². The maximum atomic E-state index is 13.0. The van der Waals surface area contributed by atoms with Gasteiger partial charge < -0.3 is 15.4 Å². The van der Waals surface area contributed by atoms with Crippen LogP contribution in [0.2, 0.25) is 0 Å². The first-order valence-electron chi connectivity index (χ1n) is 11.6. The highest BCUT2D eigenvalue weighted by molar-refractivity contribution is 7.89. The van der Waals surface area contributed by atoms with Crippen LogP contribution >= 0.6 is 0 Å². The van der Waals surface area contributed by atoms with E-state index in [0.717, 1.165) is 5.56 Å². The Kier molecular flexibility index (Phi) is 9.62. The summed E-state index contributed by atoms with van der Waals surface area (Å²) in [5.41, 5.74) is 1.87. The van der Waals surface area contributed by atoms with Gasteiger partial charge in [-0.15, -0.1) is 0 Å². The molecule has 0 radical (unpaired) electrons. The lowest BCUT2D eigenvalue weighted by Crippen LogP contribution is -2.44.